The van der Waals surface area contributed by atoms with Gasteiger partial charge in [-0.25, -0.2) is 4.79 Å². The van der Waals surface area contributed by atoms with E-state index in [9.17, 15) is 9.59 Å². The molecule has 0 aliphatic carbocycles. The van der Waals surface area contributed by atoms with Crippen molar-refractivity contribution in [3.63, 3.8) is 0 Å². The zero-order valence-corrected chi connectivity index (χ0v) is 12.5. The fraction of sp³-hybridized carbons (Fsp3) is 0.500. The van der Waals surface area contributed by atoms with E-state index in [1.54, 1.807) is 24.3 Å². The second-order valence-corrected chi connectivity index (χ2v) is 4.51. The number of benzene rings is 1. The van der Waals surface area contributed by atoms with Crippen LogP contribution in [-0.2, 0) is 19.1 Å². The first-order valence-electron chi connectivity index (χ1n) is 7.21. The van der Waals surface area contributed by atoms with Crippen LogP contribution in [0.5, 0.6) is 5.75 Å². The van der Waals surface area contributed by atoms with E-state index in [-0.39, 0.29) is 6.42 Å². The first-order chi connectivity index (χ1) is 10.2. The molecule has 116 valence electrons. The van der Waals surface area contributed by atoms with Crippen molar-refractivity contribution in [2.75, 3.05) is 13.2 Å². The van der Waals surface area contributed by atoms with Gasteiger partial charge < -0.3 is 14.2 Å². The van der Waals surface area contributed by atoms with Crippen LogP contribution in [0.4, 0.5) is 0 Å². The Balaban J connectivity index is 2.65. The van der Waals surface area contributed by atoms with E-state index in [2.05, 4.69) is 0 Å². The number of ether oxygens (including phenoxy) is 3. The predicted octanol–water partition coefficient (Wildman–Crippen LogP) is 2.73. The van der Waals surface area contributed by atoms with E-state index >= 15 is 0 Å². The van der Waals surface area contributed by atoms with Crippen LogP contribution < -0.4 is 4.74 Å². The van der Waals surface area contributed by atoms with E-state index in [0.717, 1.165) is 6.42 Å². The van der Waals surface area contributed by atoms with Gasteiger partial charge in [0.1, 0.15) is 5.75 Å². The lowest BCUT2D eigenvalue weighted by atomic mass is 10.2. The maximum Gasteiger partial charge on any atom is 0.347 e. The van der Waals surface area contributed by atoms with E-state index < -0.39 is 18.0 Å². The maximum absolute atomic E-state index is 12.0. The summed E-state index contributed by atoms with van der Waals surface area (Å²) in [4.78, 5) is 23.6. The minimum atomic E-state index is -0.983. The minimum absolute atomic E-state index is 0.155. The van der Waals surface area contributed by atoms with Crippen LogP contribution in [0.2, 0.25) is 0 Å². The topological polar surface area (TPSA) is 61.8 Å². The molecule has 0 fully saturated rings. The summed E-state index contributed by atoms with van der Waals surface area (Å²) >= 11 is 0. The normalized spacial score (nSPS) is 11.5. The molecular weight excluding hydrogens is 272 g/mol. The number of esters is 2. The molecule has 0 saturated heterocycles. The van der Waals surface area contributed by atoms with Crippen LogP contribution in [-0.4, -0.2) is 31.3 Å². The van der Waals surface area contributed by atoms with Gasteiger partial charge in [0.15, 0.2) is 0 Å². The Morgan fingerprint density at radius 2 is 1.62 bits per heavy atom. The fourth-order valence-electron chi connectivity index (χ4n) is 1.56. The van der Waals surface area contributed by atoms with Gasteiger partial charge in [0.2, 0.25) is 6.10 Å². The molecule has 0 aromatic heterocycles. The molecule has 1 rings (SSSR count). The zero-order valence-electron chi connectivity index (χ0n) is 12.5. The summed E-state index contributed by atoms with van der Waals surface area (Å²) in [6.07, 6.45) is 0.306. The lowest BCUT2D eigenvalue weighted by Gasteiger charge is -2.17. The van der Waals surface area contributed by atoms with Crippen molar-refractivity contribution in [1.82, 2.24) is 0 Å². The first-order valence-corrected chi connectivity index (χ1v) is 7.21. The third kappa shape index (κ3) is 6.79. The largest absolute Gasteiger partial charge is 0.478 e. The van der Waals surface area contributed by atoms with E-state index in [1.807, 2.05) is 19.9 Å². The molecule has 0 aliphatic rings. The monoisotopic (exact) mass is 294 g/mol. The summed E-state index contributed by atoms with van der Waals surface area (Å²) in [6.45, 7) is 4.44. The Bertz CT molecular complexity index is 430. The maximum atomic E-state index is 12.0. The second-order valence-electron chi connectivity index (χ2n) is 4.51. The predicted molar refractivity (Wildman–Crippen MR) is 78.0 cm³/mol. The summed E-state index contributed by atoms with van der Waals surface area (Å²) in [5, 5.41) is 0. The van der Waals surface area contributed by atoms with Crippen molar-refractivity contribution in [1.29, 1.82) is 0 Å². The lowest BCUT2D eigenvalue weighted by molar-refractivity contribution is -0.158. The molecule has 0 heterocycles. The molecule has 21 heavy (non-hydrogen) atoms. The van der Waals surface area contributed by atoms with Crippen molar-refractivity contribution in [2.45, 2.75) is 39.2 Å². The minimum Gasteiger partial charge on any atom is -0.478 e. The molecule has 1 atom stereocenters. The van der Waals surface area contributed by atoms with Crippen molar-refractivity contribution in [2.24, 2.45) is 0 Å². The average Bonchev–Trinajstić information content (AvgIpc) is 2.51. The molecule has 5 heteroatoms. The molecule has 0 amide bonds. The van der Waals surface area contributed by atoms with Crippen LogP contribution in [0.25, 0.3) is 0 Å². The number of carbonyl (C=O) groups excluding carboxylic acids is 2. The molecule has 1 aromatic carbocycles. The van der Waals surface area contributed by atoms with Crippen LogP contribution >= 0.6 is 0 Å². The van der Waals surface area contributed by atoms with Gasteiger partial charge in [0.05, 0.1) is 19.6 Å². The Morgan fingerprint density at radius 3 is 2.24 bits per heavy atom. The number of carbonyl (C=O) groups is 2. The van der Waals surface area contributed by atoms with Crippen LogP contribution in [0.1, 0.15) is 33.1 Å². The summed E-state index contributed by atoms with van der Waals surface area (Å²) in [5.41, 5.74) is 0. The van der Waals surface area contributed by atoms with Gasteiger partial charge in [-0.3, -0.25) is 4.79 Å². The van der Waals surface area contributed by atoms with Crippen LogP contribution in [0.15, 0.2) is 30.3 Å². The first kappa shape index (κ1) is 17.0. The third-order valence-electron chi connectivity index (χ3n) is 2.55. The molecular formula is C16H22O5. The third-order valence-corrected chi connectivity index (χ3v) is 2.55. The van der Waals surface area contributed by atoms with Gasteiger partial charge in [-0.2, -0.15) is 0 Å². The van der Waals surface area contributed by atoms with Gasteiger partial charge in [0.25, 0.3) is 0 Å². The van der Waals surface area contributed by atoms with Crippen molar-refractivity contribution in [3.8, 4) is 5.75 Å². The van der Waals surface area contributed by atoms with Gasteiger partial charge in [-0.05, 0) is 25.0 Å². The molecule has 0 aliphatic heterocycles. The van der Waals surface area contributed by atoms with Crippen LogP contribution in [0.3, 0.4) is 0 Å². The number of hydrogen-bond donors (Lipinski definition) is 0. The number of hydrogen-bond acceptors (Lipinski definition) is 5. The van der Waals surface area contributed by atoms with Crippen molar-refractivity contribution in [3.05, 3.63) is 30.3 Å². The van der Waals surface area contributed by atoms with Gasteiger partial charge in [-0.1, -0.05) is 32.0 Å². The Morgan fingerprint density at radius 1 is 1.00 bits per heavy atom. The van der Waals surface area contributed by atoms with E-state index in [1.165, 1.54) is 0 Å². The second kappa shape index (κ2) is 9.80. The molecule has 0 spiro atoms. The molecule has 0 N–H and O–H groups in total. The van der Waals surface area contributed by atoms with Crippen LogP contribution in [0, 0.1) is 0 Å². The SMILES string of the molecule is CCCOC(=O)CC(Oc1ccccc1)C(=O)OCCC. The fourth-order valence-corrected chi connectivity index (χ4v) is 1.56. The molecule has 1 aromatic rings. The standard InChI is InChI=1S/C16H22O5/c1-3-10-19-15(17)12-14(16(18)20-11-4-2)21-13-8-6-5-7-9-13/h5-9,14H,3-4,10-12H2,1-2H3. The Hall–Kier alpha value is -2.04. The van der Waals surface area contributed by atoms with E-state index in [4.69, 9.17) is 14.2 Å². The highest BCUT2D eigenvalue weighted by Crippen LogP contribution is 2.14. The average molecular weight is 294 g/mol. The summed E-state index contributed by atoms with van der Waals surface area (Å²) < 4.78 is 15.6. The molecule has 1 unspecified atom stereocenters. The number of para-hydroxylation sites is 1. The molecule has 0 bridgehead atoms. The highest BCUT2D eigenvalue weighted by Gasteiger charge is 2.26. The Labute approximate surface area is 125 Å². The summed E-state index contributed by atoms with van der Waals surface area (Å²) in [7, 11) is 0. The van der Waals surface area contributed by atoms with Crippen molar-refractivity contribution < 1.29 is 23.8 Å². The molecule has 0 radical (unpaired) electrons. The quantitative estimate of drug-likeness (QED) is 0.655. The smallest absolute Gasteiger partial charge is 0.347 e. The molecule has 5 nitrogen and oxygen atoms in total. The van der Waals surface area contributed by atoms with Gasteiger partial charge >= 0.3 is 11.9 Å². The van der Waals surface area contributed by atoms with Gasteiger partial charge in [-0.15, -0.1) is 0 Å². The highest BCUT2D eigenvalue weighted by atomic mass is 16.6. The number of rotatable bonds is 9. The Kier molecular flexibility index (Phi) is 7.94. The lowest BCUT2D eigenvalue weighted by Crippen LogP contribution is -2.32. The summed E-state index contributed by atoms with van der Waals surface area (Å²) in [5.74, 6) is -0.500. The van der Waals surface area contributed by atoms with Gasteiger partial charge in [0, 0.05) is 0 Å². The van der Waals surface area contributed by atoms with E-state index in [0.29, 0.717) is 25.4 Å². The van der Waals surface area contributed by atoms with Crippen molar-refractivity contribution >= 4 is 11.9 Å². The zero-order chi connectivity index (χ0) is 15.5. The molecule has 0 saturated carbocycles. The highest BCUT2D eigenvalue weighted by molar-refractivity contribution is 5.82. The summed E-state index contributed by atoms with van der Waals surface area (Å²) in [6, 6.07) is 8.86.